The van der Waals surface area contributed by atoms with Crippen LogP contribution in [0.2, 0.25) is 0 Å². The lowest BCUT2D eigenvalue weighted by atomic mass is 10.2. The van der Waals surface area contributed by atoms with Crippen molar-refractivity contribution in [2.24, 2.45) is 0 Å². The number of aryl methyl sites for hydroxylation is 1. The first kappa shape index (κ1) is 14.3. The molecule has 0 saturated heterocycles. The van der Waals surface area contributed by atoms with Crippen LogP contribution in [-0.2, 0) is 15.4 Å². The van der Waals surface area contributed by atoms with Gasteiger partial charge in [-0.05, 0) is 36.8 Å². The van der Waals surface area contributed by atoms with Crippen LogP contribution in [0.1, 0.15) is 11.1 Å². The molecule has 2 aromatic heterocycles. The van der Waals surface area contributed by atoms with Crippen LogP contribution in [-0.4, -0.2) is 17.4 Å². The number of fused-ring (bicyclic) bond motifs is 1. The van der Waals surface area contributed by atoms with Crippen molar-refractivity contribution in [1.29, 1.82) is 0 Å². The average molecular weight is 365 g/mol. The summed E-state index contributed by atoms with van der Waals surface area (Å²) in [6, 6.07) is 10.5. The van der Waals surface area contributed by atoms with E-state index in [0.717, 1.165) is 16.5 Å². The molecule has 21 heavy (non-hydrogen) atoms. The monoisotopic (exact) mass is 364 g/mol. The van der Waals surface area contributed by atoms with Gasteiger partial charge in [0.05, 0.1) is 4.90 Å². The summed E-state index contributed by atoms with van der Waals surface area (Å²) in [4.78, 5) is 4.48. The van der Waals surface area contributed by atoms with Crippen LogP contribution in [0, 0.1) is 6.92 Å². The lowest BCUT2D eigenvalue weighted by Gasteiger charge is -2.07. The topological polar surface area (TPSA) is 52.0 Å². The van der Waals surface area contributed by atoms with Crippen LogP contribution in [0.4, 0.5) is 0 Å². The maximum Gasteiger partial charge on any atom is 0.269 e. The molecule has 0 saturated carbocycles. The lowest BCUT2D eigenvalue weighted by Crippen LogP contribution is -2.12. The molecule has 4 nitrogen and oxygen atoms in total. The molecule has 6 heteroatoms. The van der Waals surface area contributed by atoms with Crippen LogP contribution in [0.25, 0.3) is 11.0 Å². The molecule has 0 radical (unpaired) electrons. The van der Waals surface area contributed by atoms with Gasteiger partial charge in [0.1, 0.15) is 0 Å². The molecule has 1 aromatic carbocycles. The van der Waals surface area contributed by atoms with Crippen molar-refractivity contribution in [1.82, 2.24) is 8.96 Å². The molecule has 0 fully saturated rings. The highest BCUT2D eigenvalue weighted by molar-refractivity contribution is 9.08. The van der Waals surface area contributed by atoms with Crippen LogP contribution in [0.3, 0.4) is 0 Å². The van der Waals surface area contributed by atoms with E-state index in [2.05, 4.69) is 20.9 Å². The number of benzene rings is 1. The van der Waals surface area contributed by atoms with Crippen LogP contribution < -0.4 is 0 Å². The van der Waals surface area contributed by atoms with Gasteiger partial charge in [0.25, 0.3) is 10.0 Å². The number of hydrogen-bond donors (Lipinski definition) is 0. The van der Waals surface area contributed by atoms with Crippen molar-refractivity contribution in [3.05, 3.63) is 59.9 Å². The Balaban J connectivity index is 2.22. The van der Waals surface area contributed by atoms with Gasteiger partial charge in [-0.25, -0.2) is 17.4 Å². The van der Waals surface area contributed by atoms with Crippen molar-refractivity contribution in [3.8, 4) is 0 Å². The van der Waals surface area contributed by atoms with Crippen LogP contribution in [0.5, 0.6) is 0 Å². The third-order valence-electron chi connectivity index (χ3n) is 3.37. The second-order valence-corrected chi connectivity index (χ2v) is 7.15. The van der Waals surface area contributed by atoms with Gasteiger partial charge in [0, 0.05) is 23.1 Å². The Kier molecular flexibility index (Phi) is 3.59. The number of halogens is 1. The molecule has 0 N–H and O–H groups in total. The first-order valence-electron chi connectivity index (χ1n) is 6.37. The third kappa shape index (κ3) is 2.38. The highest BCUT2D eigenvalue weighted by atomic mass is 79.9. The van der Waals surface area contributed by atoms with E-state index < -0.39 is 10.0 Å². The summed E-state index contributed by atoms with van der Waals surface area (Å²) in [5.74, 6) is 0. The van der Waals surface area contributed by atoms with Crippen LogP contribution >= 0.6 is 15.9 Å². The van der Waals surface area contributed by atoms with E-state index in [9.17, 15) is 8.42 Å². The molecule has 0 atom stereocenters. The molecular weight excluding hydrogens is 352 g/mol. The summed E-state index contributed by atoms with van der Waals surface area (Å²) < 4.78 is 26.7. The molecule has 0 aliphatic carbocycles. The van der Waals surface area contributed by atoms with Gasteiger partial charge in [0.15, 0.2) is 5.65 Å². The Labute approximate surface area is 131 Å². The molecule has 0 bridgehead atoms. The van der Waals surface area contributed by atoms with Gasteiger partial charge in [-0.1, -0.05) is 33.6 Å². The van der Waals surface area contributed by atoms with Gasteiger partial charge in [-0.15, -0.1) is 0 Å². The summed E-state index contributed by atoms with van der Waals surface area (Å²) in [6.45, 7) is 1.92. The molecule has 3 aromatic rings. The Bertz CT molecular complexity index is 899. The van der Waals surface area contributed by atoms with E-state index in [4.69, 9.17) is 0 Å². The Morgan fingerprint density at radius 3 is 2.52 bits per heavy atom. The highest BCUT2D eigenvalue weighted by Gasteiger charge is 2.20. The van der Waals surface area contributed by atoms with Crippen molar-refractivity contribution in [2.45, 2.75) is 17.1 Å². The van der Waals surface area contributed by atoms with Crippen molar-refractivity contribution < 1.29 is 8.42 Å². The number of alkyl halides is 1. The standard InChI is InChI=1S/C15H13BrN2O2S/c1-11-2-4-13(5-3-11)21(19,20)18-9-7-14-12(10-16)6-8-17-15(14)18/h2-9H,10H2,1H3. The normalized spacial score (nSPS) is 11.9. The predicted octanol–water partition coefficient (Wildman–Crippen LogP) is 3.48. The molecule has 0 aliphatic heterocycles. The molecular formula is C15H13BrN2O2S. The summed E-state index contributed by atoms with van der Waals surface area (Å²) in [5, 5.41) is 1.49. The first-order chi connectivity index (χ1) is 10.0. The number of nitrogens with zero attached hydrogens (tertiary/aromatic N) is 2. The fourth-order valence-electron chi connectivity index (χ4n) is 2.21. The summed E-state index contributed by atoms with van der Waals surface area (Å²) in [6.07, 6.45) is 3.18. The van der Waals surface area contributed by atoms with E-state index >= 15 is 0 Å². The van der Waals surface area contributed by atoms with E-state index in [-0.39, 0.29) is 4.90 Å². The van der Waals surface area contributed by atoms with E-state index in [1.807, 2.05) is 13.0 Å². The largest absolute Gasteiger partial charge is 0.269 e. The van der Waals surface area contributed by atoms with Gasteiger partial charge < -0.3 is 0 Å². The van der Waals surface area contributed by atoms with E-state index in [0.29, 0.717) is 11.0 Å². The number of aromatic nitrogens is 2. The first-order valence-corrected chi connectivity index (χ1v) is 8.93. The average Bonchev–Trinajstić information content (AvgIpc) is 2.92. The van der Waals surface area contributed by atoms with Gasteiger partial charge >= 0.3 is 0 Å². The molecule has 0 spiro atoms. The third-order valence-corrected chi connectivity index (χ3v) is 5.65. The molecule has 3 rings (SSSR count). The molecule has 0 aliphatic rings. The number of hydrogen-bond acceptors (Lipinski definition) is 3. The Hall–Kier alpha value is -1.66. The van der Waals surface area contributed by atoms with Crippen molar-refractivity contribution in [2.75, 3.05) is 0 Å². The molecule has 108 valence electrons. The van der Waals surface area contributed by atoms with Gasteiger partial charge in [-0.2, -0.15) is 0 Å². The minimum atomic E-state index is -3.63. The fourth-order valence-corrected chi connectivity index (χ4v) is 4.00. The molecule has 0 amide bonds. The summed E-state index contributed by atoms with van der Waals surface area (Å²) >= 11 is 3.40. The zero-order valence-corrected chi connectivity index (χ0v) is 13.7. The zero-order chi connectivity index (χ0) is 15.0. The molecule has 2 heterocycles. The number of rotatable bonds is 3. The second-order valence-electron chi connectivity index (χ2n) is 4.77. The minimum absolute atomic E-state index is 0.261. The summed E-state index contributed by atoms with van der Waals surface area (Å²) in [7, 11) is -3.63. The maximum absolute atomic E-state index is 12.7. The maximum atomic E-state index is 12.7. The quantitative estimate of drug-likeness (QED) is 0.668. The second kappa shape index (κ2) is 5.27. The van der Waals surface area contributed by atoms with Crippen LogP contribution in [0.15, 0.2) is 53.7 Å². The lowest BCUT2D eigenvalue weighted by molar-refractivity contribution is 0.588. The van der Waals surface area contributed by atoms with Crippen molar-refractivity contribution in [3.63, 3.8) is 0 Å². The smallest absolute Gasteiger partial charge is 0.237 e. The predicted molar refractivity (Wildman–Crippen MR) is 86.1 cm³/mol. The minimum Gasteiger partial charge on any atom is -0.237 e. The fraction of sp³-hybridized carbons (Fsp3) is 0.133. The number of pyridine rings is 1. The summed E-state index contributed by atoms with van der Waals surface area (Å²) in [5.41, 5.74) is 2.48. The zero-order valence-electron chi connectivity index (χ0n) is 11.3. The highest BCUT2D eigenvalue weighted by Crippen LogP contribution is 2.24. The van der Waals surface area contributed by atoms with E-state index in [1.165, 1.54) is 3.97 Å². The Morgan fingerprint density at radius 1 is 1.14 bits per heavy atom. The van der Waals surface area contributed by atoms with Gasteiger partial charge in [-0.3, -0.25) is 0 Å². The van der Waals surface area contributed by atoms with Crippen molar-refractivity contribution >= 4 is 37.0 Å². The van der Waals surface area contributed by atoms with E-state index in [1.54, 1.807) is 42.7 Å². The Morgan fingerprint density at radius 2 is 1.86 bits per heavy atom. The van der Waals surface area contributed by atoms with Gasteiger partial charge in [0.2, 0.25) is 0 Å². The molecule has 0 unspecified atom stereocenters. The SMILES string of the molecule is Cc1ccc(S(=O)(=O)n2ccc3c(CBr)ccnc32)cc1.